The molecule has 1 heterocycles. The van der Waals surface area contributed by atoms with E-state index in [0.717, 1.165) is 35.8 Å². The van der Waals surface area contributed by atoms with Crippen LogP contribution in [-0.2, 0) is 13.0 Å². The van der Waals surface area contributed by atoms with E-state index in [-0.39, 0.29) is 0 Å². The van der Waals surface area contributed by atoms with Crippen LogP contribution < -0.4 is 15.8 Å². The Morgan fingerprint density at radius 3 is 2.55 bits per heavy atom. The van der Waals surface area contributed by atoms with Gasteiger partial charge >= 0.3 is 0 Å². The van der Waals surface area contributed by atoms with E-state index in [4.69, 9.17) is 10.5 Å². The van der Waals surface area contributed by atoms with Crippen molar-refractivity contribution in [2.75, 3.05) is 19.0 Å². The number of nitrogens with one attached hydrogen (secondary N) is 1. The largest absolute Gasteiger partial charge is 0.497 e. The van der Waals surface area contributed by atoms with Crippen LogP contribution in [0.15, 0.2) is 36.4 Å². The highest BCUT2D eigenvalue weighted by atomic mass is 16.5. The van der Waals surface area contributed by atoms with Gasteiger partial charge in [-0.2, -0.15) is 0 Å². The van der Waals surface area contributed by atoms with Gasteiger partial charge in [-0.3, -0.25) is 0 Å². The highest BCUT2D eigenvalue weighted by Gasteiger charge is 2.02. The first-order valence-corrected chi connectivity index (χ1v) is 6.76. The second kappa shape index (κ2) is 6.91. The lowest BCUT2D eigenvalue weighted by atomic mass is 10.1. The summed E-state index contributed by atoms with van der Waals surface area (Å²) in [5.41, 5.74) is 9.03. The Morgan fingerprint density at radius 1 is 1.15 bits per heavy atom. The molecule has 0 radical (unpaired) electrons. The van der Waals surface area contributed by atoms with Gasteiger partial charge in [-0.1, -0.05) is 18.2 Å². The average Bonchev–Trinajstić information content (AvgIpc) is 2.48. The summed E-state index contributed by atoms with van der Waals surface area (Å²) in [5.74, 6) is 1.77. The van der Waals surface area contributed by atoms with Gasteiger partial charge in [0.2, 0.25) is 0 Å². The molecule has 2 aromatic rings. The lowest BCUT2D eigenvalue weighted by Crippen LogP contribution is -2.11. The Hall–Kier alpha value is -2.07. The number of aromatic nitrogens is 1. The van der Waals surface area contributed by atoms with Crippen LogP contribution >= 0.6 is 0 Å². The standard InChI is InChI=1S/C16H21N3O/c1-12-3-6-14(11-17)16(19-12)18-10-9-13-4-7-15(20-2)8-5-13/h3-8H,9-11,17H2,1-2H3,(H,18,19). The van der Waals surface area contributed by atoms with Gasteiger partial charge in [-0.05, 0) is 37.1 Å². The van der Waals surface area contributed by atoms with Gasteiger partial charge in [0.1, 0.15) is 11.6 Å². The maximum Gasteiger partial charge on any atom is 0.130 e. The van der Waals surface area contributed by atoms with Crippen molar-refractivity contribution < 1.29 is 4.74 Å². The van der Waals surface area contributed by atoms with E-state index in [1.807, 2.05) is 31.2 Å². The van der Waals surface area contributed by atoms with Crippen LogP contribution in [0.2, 0.25) is 0 Å². The third-order valence-electron chi connectivity index (χ3n) is 3.20. The zero-order chi connectivity index (χ0) is 14.4. The minimum absolute atomic E-state index is 0.498. The smallest absolute Gasteiger partial charge is 0.130 e. The Morgan fingerprint density at radius 2 is 1.90 bits per heavy atom. The average molecular weight is 271 g/mol. The molecule has 0 spiro atoms. The number of aryl methyl sites for hydroxylation is 1. The molecule has 0 saturated carbocycles. The molecule has 0 amide bonds. The maximum absolute atomic E-state index is 5.72. The van der Waals surface area contributed by atoms with Crippen LogP contribution in [0.3, 0.4) is 0 Å². The van der Waals surface area contributed by atoms with Gasteiger partial charge in [-0.25, -0.2) is 4.98 Å². The number of anilines is 1. The monoisotopic (exact) mass is 271 g/mol. The summed E-state index contributed by atoms with van der Waals surface area (Å²) in [5, 5.41) is 3.36. The van der Waals surface area contributed by atoms with Gasteiger partial charge in [0.25, 0.3) is 0 Å². The predicted octanol–water partition coefficient (Wildman–Crippen LogP) is 2.51. The van der Waals surface area contributed by atoms with E-state index in [9.17, 15) is 0 Å². The van der Waals surface area contributed by atoms with E-state index in [1.54, 1.807) is 7.11 Å². The molecule has 3 N–H and O–H groups in total. The number of rotatable bonds is 6. The molecule has 0 fully saturated rings. The van der Waals surface area contributed by atoms with Crippen molar-refractivity contribution in [3.63, 3.8) is 0 Å². The lowest BCUT2D eigenvalue weighted by Gasteiger charge is -2.11. The molecule has 0 saturated heterocycles. The zero-order valence-electron chi connectivity index (χ0n) is 12.0. The molecule has 106 valence electrons. The lowest BCUT2D eigenvalue weighted by molar-refractivity contribution is 0.414. The van der Waals surface area contributed by atoms with Crippen molar-refractivity contribution in [3.8, 4) is 5.75 Å². The van der Waals surface area contributed by atoms with Gasteiger partial charge < -0.3 is 15.8 Å². The van der Waals surface area contributed by atoms with Crippen molar-refractivity contribution in [3.05, 3.63) is 53.2 Å². The Balaban J connectivity index is 1.93. The van der Waals surface area contributed by atoms with Crippen molar-refractivity contribution in [1.29, 1.82) is 0 Å². The summed E-state index contributed by atoms with van der Waals surface area (Å²) < 4.78 is 5.15. The summed E-state index contributed by atoms with van der Waals surface area (Å²) in [4.78, 5) is 4.49. The number of ether oxygens (including phenoxy) is 1. The Kier molecular flexibility index (Phi) is 4.96. The van der Waals surface area contributed by atoms with Gasteiger partial charge in [-0.15, -0.1) is 0 Å². The molecule has 1 aromatic heterocycles. The number of nitrogens with zero attached hydrogens (tertiary/aromatic N) is 1. The minimum Gasteiger partial charge on any atom is -0.497 e. The third-order valence-corrected chi connectivity index (χ3v) is 3.20. The summed E-state index contributed by atoms with van der Waals surface area (Å²) in [6, 6.07) is 12.1. The van der Waals surface area contributed by atoms with E-state index in [2.05, 4.69) is 22.4 Å². The number of benzene rings is 1. The van der Waals surface area contributed by atoms with Crippen LogP contribution in [0.4, 0.5) is 5.82 Å². The van der Waals surface area contributed by atoms with Crippen LogP contribution in [0.5, 0.6) is 5.75 Å². The van der Waals surface area contributed by atoms with Crippen molar-refractivity contribution in [2.45, 2.75) is 19.9 Å². The molecule has 0 aliphatic heterocycles. The maximum atomic E-state index is 5.72. The fourth-order valence-electron chi connectivity index (χ4n) is 2.02. The highest BCUT2D eigenvalue weighted by Crippen LogP contribution is 2.14. The van der Waals surface area contributed by atoms with Gasteiger partial charge in [0, 0.05) is 24.3 Å². The first-order valence-electron chi connectivity index (χ1n) is 6.76. The van der Waals surface area contributed by atoms with Crippen molar-refractivity contribution in [2.24, 2.45) is 5.73 Å². The summed E-state index contributed by atoms with van der Waals surface area (Å²) in [6.07, 6.45) is 0.934. The molecule has 4 heteroatoms. The van der Waals surface area contributed by atoms with E-state index < -0.39 is 0 Å². The SMILES string of the molecule is COc1ccc(CCNc2nc(C)ccc2CN)cc1. The number of nitrogens with two attached hydrogens (primary N) is 1. The van der Waals surface area contributed by atoms with Crippen LogP contribution in [0, 0.1) is 6.92 Å². The van der Waals surface area contributed by atoms with Gasteiger partial charge in [0.15, 0.2) is 0 Å². The first kappa shape index (κ1) is 14.3. The van der Waals surface area contributed by atoms with Crippen LogP contribution in [-0.4, -0.2) is 18.6 Å². The van der Waals surface area contributed by atoms with Crippen molar-refractivity contribution in [1.82, 2.24) is 4.98 Å². The molecule has 0 atom stereocenters. The normalized spacial score (nSPS) is 10.3. The molecule has 0 bridgehead atoms. The molecule has 0 unspecified atom stereocenters. The molecule has 1 aromatic carbocycles. The first-order chi connectivity index (χ1) is 9.72. The van der Waals surface area contributed by atoms with Crippen molar-refractivity contribution >= 4 is 5.82 Å². The molecule has 4 nitrogen and oxygen atoms in total. The molecule has 2 rings (SSSR count). The predicted molar refractivity (Wildman–Crippen MR) is 82.1 cm³/mol. The second-order valence-corrected chi connectivity index (χ2v) is 4.69. The van der Waals surface area contributed by atoms with Crippen LogP contribution in [0.1, 0.15) is 16.8 Å². The molecular formula is C16H21N3O. The van der Waals surface area contributed by atoms with E-state index in [0.29, 0.717) is 6.54 Å². The Bertz CT molecular complexity index is 552. The fraction of sp³-hybridized carbons (Fsp3) is 0.312. The van der Waals surface area contributed by atoms with Crippen LogP contribution in [0.25, 0.3) is 0 Å². The number of hydrogen-bond acceptors (Lipinski definition) is 4. The van der Waals surface area contributed by atoms with Gasteiger partial charge in [0.05, 0.1) is 7.11 Å². The number of pyridine rings is 1. The molecular weight excluding hydrogens is 250 g/mol. The number of methoxy groups -OCH3 is 1. The quantitative estimate of drug-likeness (QED) is 0.847. The van der Waals surface area contributed by atoms with E-state index >= 15 is 0 Å². The van der Waals surface area contributed by atoms with E-state index in [1.165, 1.54) is 5.56 Å². The highest BCUT2D eigenvalue weighted by molar-refractivity contribution is 5.45. The minimum atomic E-state index is 0.498. The third kappa shape index (κ3) is 3.71. The topological polar surface area (TPSA) is 60.2 Å². The zero-order valence-corrected chi connectivity index (χ0v) is 12.0. The molecule has 20 heavy (non-hydrogen) atoms. The summed E-state index contributed by atoms with van der Waals surface area (Å²) in [7, 11) is 1.67. The second-order valence-electron chi connectivity index (χ2n) is 4.69. The fourth-order valence-corrected chi connectivity index (χ4v) is 2.02. The summed E-state index contributed by atoms with van der Waals surface area (Å²) in [6.45, 7) is 3.31. The number of hydrogen-bond donors (Lipinski definition) is 2. The summed E-state index contributed by atoms with van der Waals surface area (Å²) >= 11 is 0. The Labute approximate surface area is 120 Å². The molecule has 0 aliphatic carbocycles. The molecule has 0 aliphatic rings.